The Kier molecular flexibility index (Phi) is 5.12. The lowest BCUT2D eigenvalue weighted by molar-refractivity contribution is -0.149. The fourth-order valence-corrected chi connectivity index (χ4v) is 3.93. The number of fused-ring (bicyclic) bond motifs is 1. The maximum Gasteiger partial charge on any atom is 0.326 e. The van der Waals surface area contributed by atoms with Crippen molar-refractivity contribution in [2.45, 2.75) is 31.3 Å². The van der Waals surface area contributed by atoms with Gasteiger partial charge < -0.3 is 10.0 Å². The van der Waals surface area contributed by atoms with E-state index in [0.717, 1.165) is 5.56 Å². The highest BCUT2D eigenvalue weighted by atomic mass is 16.4. The number of carboxylic acids is 1. The predicted molar refractivity (Wildman–Crippen MR) is 108 cm³/mol. The zero-order valence-corrected chi connectivity index (χ0v) is 15.8. The Bertz CT molecular complexity index is 1110. The molecule has 1 amide bonds. The Balaban J connectivity index is 1.79. The minimum atomic E-state index is -1.02. The molecular weight excluding hydrogens is 370 g/mol. The molecule has 1 saturated heterocycles. The molecule has 1 N–H and O–H groups in total. The first-order chi connectivity index (χ1) is 14.1. The average Bonchev–Trinajstić information content (AvgIpc) is 3.23. The summed E-state index contributed by atoms with van der Waals surface area (Å²) in [6, 6.07) is 14.7. The summed E-state index contributed by atoms with van der Waals surface area (Å²) in [5, 5.41) is 9.92. The van der Waals surface area contributed by atoms with Gasteiger partial charge in [-0.3, -0.25) is 14.2 Å². The van der Waals surface area contributed by atoms with Crippen molar-refractivity contribution in [3.63, 3.8) is 0 Å². The number of hydrogen-bond acceptors (Lipinski definition) is 4. The number of carbonyl (C=O) groups excluding carboxylic acids is 1. The minimum absolute atomic E-state index is 0.280. The van der Waals surface area contributed by atoms with Crippen molar-refractivity contribution >= 4 is 22.8 Å². The Labute approximate surface area is 167 Å². The van der Waals surface area contributed by atoms with Crippen LogP contribution in [0.3, 0.4) is 0 Å². The first-order valence-electron chi connectivity index (χ1n) is 9.59. The SMILES string of the molecule is O=C(O)[C@H]1CCCN1C(=O)[C@@H](Cc1ccccc1)n1cnc2ccccc2c1=O. The number of hydrogen-bond donors (Lipinski definition) is 1. The Hall–Kier alpha value is -3.48. The number of rotatable bonds is 5. The van der Waals surface area contributed by atoms with Gasteiger partial charge in [-0.15, -0.1) is 0 Å². The molecule has 1 aliphatic heterocycles. The molecule has 0 radical (unpaired) electrons. The van der Waals surface area contributed by atoms with Crippen LogP contribution >= 0.6 is 0 Å². The number of carbonyl (C=O) groups is 2. The van der Waals surface area contributed by atoms with E-state index in [1.54, 1.807) is 24.3 Å². The summed E-state index contributed by atoms with van der Waals surface area (Å²) >= 11 is 0. The van der Waals surface area contributed by atoms with Crippen LogP contribution in [0.15, 0.2) is 65.7 Å². The standard InChI is InChI=1S/C22H21N3O4/c26-20-16-9-4-5-10-17(16)23-14-25(20)19(13-15-7-2-1-3-8-15)21(27)24-12-6-11-18(24)22(28)29/h1-5,7-10,14,18-19H,6,11-13H2,(H,28,29)/t18-,19-/m1/s1. The monoisotopic (exact) mass is 391 g/mol. The van der Waals surface area contributed by atoms with Gasteiger partial charge in [0, 0.05) is 13.0 Å². The van der Waals surface area contributed by atoms with Gasteiger partial charge in [0.2, 0.25) is 5.91 Å². The molecule has 2 aromatic carbocycles. The van der Waals surface area contributed by atoms with Crippen LogP contribution < -0.4 is 5.56 Å². The number of nitrogens with zero attached hydrogens (tertiary/aromatic N) is 3. The summed E-state index contributed by atoms with van der Waals surface area (Å²) < 4.78 is 1.34. The lowest BCUT2D eigenvalue weighted by atomic mass is 10.0. The van der Waals surface area contributed by atoms with Crippen molar-refractivity contribution in [2.75, 3.05) is 6.54 Å². The van der Waals surface area contributed by atoms with Crippen molar-refractivity contribution in [3.05, 3.63) is 76.8 Å². The highest BCUT2D eigenvalue weighted by Gasteiger charge is 2.38. The molecule has 1 aliphatic rings. The molecule has 7 heteroatoms. The molecule has 2 atom stereocenters. The lowest BCUT2D eigenvalue weighted by Gasteiger charge is -2.28. The summed E-state index contributed by atoms with van der Waals surface area (Å²) in [6.45, 7) is 0.372. The quantitative estimate of drug-likeness (QED) is 0.720. The van der Waals surface area contributed by atoms with E-state index >= 15 is 0 Å². The molecule has 3 aromatic rings. The van der Waals surface area contributed by atoms with Gasteiger partial charge in [0.15, 0.2) is 0 Å². The van der Waals surface area contributed by atoms with Gasteiger partial charge in [0.1, 0.15) is 12.1 Å². The molecule has 0 spiro atoms. The van der Waals surface area contributed by atoms with Crippen molar-refractivity contribution < 1.29 is 14.7 Å². The molecule has 29 heavy (non-hydrogen) atoms. The van der Waals surface area contributed by atoms with Gasteiger partial charge in [0.05, 0.1) is 17.2 Å². The van der Waals surface area contributed by atoms with E-state index in [2.05, 4.69) is 4.98 Å². The molecule has 0 bridgehead atoms. The zero-order valence-electron chi connectivity index (χ0n) is 15.8. The van der Waals surface area contributed by atoms with Crippen LogP contribution in [0, 0.1) is 0 Å². The summed E-state index contributed by atoms with van der Waals surface area (Å²) in [4.78, 5) is 43.9. The van der Waals surface area contributed by atoms with Crippen LogP contribution in [0.2, 0.25) is 0 Å². The molecule has 1 fully saturated rings. The van der Waals surface area contributed by atoms with Crippen molar-refractivity contribution in [1.82, 2.24) is 14.5 Å². The van der Waals surface area contributed by atoms with E-state index in [9.17, 15) is 19.5 Å². The van der Waals surface area contributed by atoms with Crippen molar-refractivity contribution in [3.8, 4) is 0 Å². The highest BCUT2D eigenvalue weighted by molar-refractivity contribution is 5.87. The molecule has 4 rings (SSSR count). The Morgan fingerprint density at radius 2 is 1.83 bits per heavy atom. The number of amides is 1. The summed E-state index contributed by atoms with van der Waals surface area (Å²) in [7, 11) is 0. The van der Waals surface area contributed by atoms with E-state index in [0.29, 0.717) is 30.3 Å². The number of likely N-dealkylation sites (tertiary alicyclic amines) is 1. The summed E-state index contributed by atoms with van der Waals surface area (Å²) in [6.07, 6.45) is 2.72. The molecule has 1 aromatic heterocycles. The Morgan fingerprint density at radius 1 is 1.10 bits per heavy atom. The van der Waals surface area contributed by atoms with Gasteiger partial charge in [-0.2, -0.15) is 0 Å². The second-order valence-corrected chi connectivity index (χ2v) is 7.21. The van der Waals surface area contributed by atoms with Gasteiger partial charge in [-0.1, -0.05) is 42.5 Å². The fourth-order valence-electron chi connectivity index (χ4n) is 3.93. The van der Waals surface area contributed by atoms with Crippen LogP contribution in [0.25, 0.3) is 10.9 Å². The highest BCUT2D eigenvalue weighted by Crippen LogP contribution is 2.24. The third kappa shape index (κ3) is 3.63. The summed E-state index contributed by atoms with van der Waals surface area (Å²) in [5.41, 5.74) is 1.14. The molecule has 7 nitrogen and oxygen atoms in total. The van der Waals surface area contributed by atoms with Gasteiger partial charge in [-0.05, 0) is 30.5 Å². The van der Waals surface area contributed by atoms with Crippen LogP contribution in [-0.4, -0.2) is 44.0 Å². The number of para-hydroxylation sites is 1. The van der Waals surface area contributed by atoms with Crippen LogP contribution in [0.1, 0.15) is 24.4 Å². The molecule has 0 aliphatic carbocycles. The van der Waals surface area contributed by atoms with E-state index in [1.165, 1.54) is 15.8 Å². The topological polar surface area (TPSA) is 92.5 Å². The molecule has 0 saturated carbocycles. The first kappa shape index (κ1) is 18.9. The largest absolute Gasteiger partial charge is 0.480 e. The van der Waals surface area contributed by atoms with Crippen LogP contribution in [-0.2, 0) is 16.0 Å². The zero-order chi connectivity index (χ0) is 20.4. The second kappa shape index (κ2) is 7.87. The Morgan fingerprint density at radius 3 is 2.59 bits per heavy atom. The van der Waals surface area contributed by atoms with Crippen LogP contribution in [0.4, 0.5) is 0 Å². The lowest BCUT2D eigenvalue weighted by Crippen LogP contribution is -2.46. The second-order valence-electron chi connectivity index (χ2n) is 7.21. The third-order valence-corrected chi connectivity index (χ3v) is 5.40. The summed E-state index contributed by atoms with van der Waals surface area (Å²) in [5.74, 6) is -1.38. The van der Waals surface area contributed by atoms with E-state index in [1.807, 2.05) is 30.3 Å². The number of aromatic nitrogens is 2. The smallest absolute Gasteiger partial charge is 0.326 e. The number of aliphatic carboxylic acids is 1. The van der Waals surface area contributed by atoms with Crippen molar-refractivity contribution in [2.24, 2.45) is 0 Å². The predicted octanol–water partition coefficient (Wildman–Crippen LogP) is 2.26. The molecule has 148 valence electrons. The van der Waals surface area contributed by atoms with E-state index in [-0.39, 0.29) is 17.9 Å². The molecule has 0 unspecified atom stereocenters. The van der Waals surface area contributed by atoms with Crippen LogP contribution in [0.5, 0.6) is 0 Å². The maximum atomic E-state index is 13.4. The number of benzene rings is 2. The molecule has 2 heterocycles. The average molecular weight is 391 g/mol. The third-order valence-electron chi connectivity index (χ3n) is 5.40. The first-order valence-corrected chi connectivity index (χ1v) is 9.59. The van der Waals surface area contributed by atoms with Gasteiger partial charge in [-0.25, -0.2) is 9.78 Å². The van der Waals surface area contributed by atoms with Gasteiger partial charge in [0.25, 0.3) is 5.56 Å². The molecular formula is C22H21N3O4. The minimum Gasteiger partial charge on any atom is -0.480 e. The number of carboxylic acid groups (broad SMARTS) is 1. The van der Waals surface area contributed by atoms with E-state index in [4.69, 9.17) is 0 Å². The normalized spacial score (nSPS) is 17.4. The van der Waals surface area contributed by atoms with Crippen molar-refractivity contribution in [1.29, 1.82) is 0 Å². The fraction of sp³-hybridized carbons (Fsp3) is 0.273. The maximum absolute atomic E-state index is 13.4. The van der Waals surface area contributed by atoms with E-state index < -0.39 is 18.1 Å². The van der Waals surface area contributed by atoms with Gasteiger partial charge >= 0.3 is 5.97 Å².